The second kappa shape index (κ2) is 5.73. The maximum atomic E-state index is 13.2. The van der Waals surface area contributed by atoms with Crippen LogP contribution in [0.5, 0.6) is 0 Å². The van der Waals surface area contributed by atoms with Gasteiger partial charge in [-0.15, -0.1) is 0 Å². The van der Waals surface area contributed by atoms with Gasteiger partial charge in [0.05, 0.1) is 17.5 Å². The lowest BCUT2D eigenvalue weighted by Gasteiger charge is -2.16. The quantitative estimate of drug-likeness (QED) is 0.567. The highest BCUT2D eigenvalue weighted by Crippen LogP contribution is 2.30. The third-order valence-electron chi connectivity index (χ3n) is 4.18. The van der Waals surface area contributed by atoms with E-state index in [9.17, 15) is 10.1 Å². The average molecular weight is 327 g/mol. The molecule has 0 aliphatic heterocycles. The SMILES string of the molecule is Cn1c(-c2ccccc2)c(-c2ccncc2)c(=O)n2ncc(C#N)c12. The molecule has 0 saturated heterocycles. The summed E-state index contributed by atoms with van der Waals surface area (Å²) < 4.78 is 3.12. The Labute approximate surface area is 143 Å². The summed E-state index contributed by atoms with van der Waals surface area (Å²) in [6.07, 6.45) is 4.72. The van der Waals surface area contributed by atoms with E-state index < -0.39 is 0 Å². The molecule has 0 spiro atoms. The smallest absolute Gasteiger partial charge is 0.282 e. The molecule has 3 heterocycles. The van der Waals surface area contributed by atoms with E-state index in [0.29, 0.717) is 16.8 Å². The van der Waals surface area contributed by atoms with Crippen LogP contribution in [-0.2, 0) is 7.05 Å². The maximum absolute atomic E-state index is 13.2. The van der Waals surface area contributed by atoms with Crippen molar-refractivity contribution in [2.75, 3.05) is 0 Å². The van der Waals surface area contributed by atoms with Gasteiger partial charge >= 0.3 is 0 Å². The van der Waals surface area contributed by atoms with Crippen LogP contribution in [0.3, 0.4) is 0 Å². The molecular weight excluding hydrogens is 314 g/mol. The van der Waals surface area contributed by atoms with Crippen molar-refractivity contribution in [2.24, 2.45) is 7.05 Å². The first-order valence-corrected chi connectivity index (χ1v) is 7.69. The number of nitriles is 1. The van der Waals surface area contributed by atoms with Gasteiger partial charge in [0.25, 0.3) is 5.56 Å². The lowest BCUT2D eigenvalue weighted by atomic mass is 10.0. The zero-order valence-corrected chi connectivity index (χ0v) is 13.4. The van der Waals surface area contributed by atoms with Crippen molar-refractivity contribution in [3.8, 4) is 28.5 Å². The molecule has 0 fully saturated rings. The summed E-state index contributed by atoms with van der Waals surface area (Å²) in [6.45, 7) is 0. The fourth-order valence-corrected chi connectivity index (χ4v) is 3.09. The van der Waals surface area contributed by atoms with Crippen LogP contribution in [0, 0.1) is 11.3 Å². The van der Waals surface area contributed by atoms with E-state index in [1.807, 2.05) is 41.9 Å². The molecule has 0 atom stereocenters. The Kier molecular flexibility index (Phi) is 3.40. The largest absolute Gasteiger partial charge is 0.327 e. The van der Waals surface area contributed by atoms with Crippen molar-refractivity contribution >= 4 is 5.65 Å². The fourth-order valence-electron chi connectivity index (χ4n) is 3.09. The van der Waals surface area contributed by atoms with Gasteiger partial charge in [-0.1, -0.05) is 30.3 Å². The van der Waals surface area contributed by atoms with Crippen molar-refractivity contribution in [1.29, 1.82) is 5.26 Å². The molecule has 6 heteroatoms. The lowest BCUT2D eigenvalue weighted by Crippen LogP contribution is -2.22. The molecular formula is C19H13N5O. The van der Waals surface area contributed by atoms with E-state index in [0.717, 1.165) is 16.8 Å². The third-order valence-corrected chi connectivity index (χ3v) is 4.18. The normalized spacial score (nSPS) is 10.7. The molecule has 120 valence electrons. The van der Waals surface area contributed by atoms with Gasteiger partial charge in [0.15, 0.2) is 5.65 Å². The Morgan fingerprint density at radius 1 is 1.04 bits per heavy atom. The van der Waals surface area contributed by atoms with Gasteiger partial charge in [-0.05, 0) is 23.3 Å². The Morgan fingerprint density at radius 3 is 2.44 bits per heavy atom. The van der Waals surface area contributed by atoms with E-state index in [-0.39, 0.29) is 5.56 Å². The van der Waals surface area contributed by atoms with Crippen LogP contribution >= 0.6 is 0 Å². The minimum Gasteiger partial charge on any atom is -0.327 e. The summed E-state index contributed by atoms with van der Waals surface area (Å²) in [4.78, 5) is 17.2. The molecule has 0 amide bonds. The number of hydrogen-bond donors (Lipinski definition) is 0. The molecule has 25 heavy (non-hydrogen) atoms. The van der Waals surface area contributed by atoms with Crippen molar-refractivity contribution < 1.29 is 0 Å². The van der Waals surface area contributed by atoms with Crippen LogP contribution in [0.1, 0.15) is 5.56 Å². The monoisotopic (exact) mass is 327 g/mol. The van der Waals surface area contributed by atoms with Gasteiger partial charge in [-0.2, -0.15) is 14.9 Å². The highest BCUT2D eigenvalue weighted by molar-refractivity contribution is 5.82. The molecule has 0 aliphatic rings. The van der Waals surface area contributed by atoms with Gasteiger partial charge in [0.2, 0.25) is 0 Å². The van der Waals surface area contributed by atoms with Crippen LogP contribution in [0.4, 0.5) is 0 Å². The van der Waals surface area contributed by atoms with Crippen molar-refractivity contribution in [2.45, 2.75) is 0 Å². The van der Waals surface area contributed by atoms with Gasteiger partial charge in [-0.3, -0.25) is 9.78 Å². The molecule has 0 saturated carbocycles. The highest BCUT2D eigenvalue weighted by Gasteiger charge is 2.21. The molecule has 4 rings (SSSR count). The lowest BCUT2D eigenvalue weighted by molar-refractivity contribution is 0.833. The van der Waals surface area contributed by atoms with Crippen LogP contribution in [0.25, 0.3) is 28.0 Å². The fraction of sp³-hybridized carbons (Fsp3) is 0.0526. The van der Waals surface area contributed by atoms with Gasteiger partial charge < -0.3 is 4.57 Å². The van der Waals surface area contributed by atoms with Crippen molar-refractivity contribution in [3.05, 3.63) is 77.0 Å². The summed E-state index contributed by atoms with van der Waals surface area (Å²) >= 11 is 0. The summed E-state index contributed by atoms with van der Waals surface area (Å²) in [5.74, 6) is 0. The standard InChI is InChI=1S/C19H13N5O/c1-23-17(14-5-3-2-4-6-14)16(13-7-9-21-10-8-13)19(25)24-18(23)15(11-20)12-22-24/h2-10,12H,1H3. The molecule has 6 nitrogen and oxygen atoms in total. The summed E-state index contributed by atoms with van der Waals surface area (Å²) in [6, 6.07) is 15.3. The minimum atomic E-state index is -0.264. The molecule has 0 bridgehead atoms. The van der Waals surface area contributed by atoms with Crippen LogP contribution in [0.15, 0.2) is 65.8 Å². The van der Waals surface area contributed by atoms with E-state index in [4.69, 9.17) is 0 Å². The van der Waals surface area contributed by atoms with Crippen LogP contribution in [0.2, 0.25) is 0 Å². The number of hydrogen-bond acceptors (Lipinski definition) is 4. The van der Waals surface area contributed by atoms with E-state index in [1.54, 1.807) is 24.5 Å². The van der Waals surface area contributed by atoms with E-state index in [2.05, 4.69) is 16.2 Å². The van der Waals surface area contributed by atoms with Gasteiger partial charge in [-0.25, -0.2) is 0 Å². The van der Waals surface area contributed by atoms with Crippen molar-refractivity contribution in [1.82, 2.24) is 19.2 Å². The zero-order chi connectivity index (χ0) is 17.4. The summed E-state index contributed by atoms with van der Waals surface area (Å²) in [7, 11) is 1.84. The molecule has 3 aromatic heterocycles. The number of benzene rings is 1. The van der Waals surface area contributed by atoms with Gasteiger partial charge in [0.1, 0.15) is 11.6 Å². The number of aryl methyl sites for hydroxylation is 1. The Hall–Kier alpha value is -3.72. The Bertz CT molecular complexity index is 1170. The predicted octanol–water partition coefficient (Wildman–Crippen LogP) is 2.63. The van der Waals surface area contributed by atoms with Crippen LogP contribution < -0.4 is 5.56 Å². The maximum Gasteiger partial charge on any atom is 0.282 e. The van der Waals surface area contributed by atoms with Gasteiger partial charge in [0, 0.05) is 19.4 Å². The zero-order valence-electron chi connectivity index (χ0n) is 13.4. The first kappa shape index (κ1) is 14.8. The number of aromatic nitrogens is 4. The second-order valence-electron chi connectivity index (χ2n) is 5.60. The highest BCUT2D eigenvalue weighted by atomic mass is 16.1. The molecule has 1 aromatic carbocycles. The Morgan fingerprint density at radius 2 is 1.76 bits per heavy atom. The molecule has 0 radical (unpaired) electrons. The summed E-state index contributed by atoms with van der Waals surface area (Å²) in [5.41, 5.74) is 3.48. The number of rotatable bonds is 2. The third kappa shape index (κ3) is 2.22. The first-order chi connectivity index (χ1) is 12.2. The number of fused-ring (bicyclic) bond motifs is 1. The van der Waals surface area contributed by atoms with Crippen molar-refractivity contribution in [3.63, 3.8) is 0 Å². The molecule has 0 aliphatic carbocycles. The topological polar surface area (TPSA) is 76.0 Å². The summed E-state index contributed by atoms with van der Waals surface area (Å²) in [5, 5.41) is 13.5. The molecule has 0 N–H and O–H groups in total. The van der Waals surface area contributed by atoms with Crippen LogP contribution in [-0.4, -0.2) is 19.2 Å². The molecule has 0 unspecified atom stereocenters. The Balaban J connectivity index is 2.23. The number of pyridine rings is 1. The average Bonchev–Trinajstić information content (AvgIpc) is 3.10. The van der Waals surface area contributed by atoms with E-state index in [1.165, 1.54) is 10.7 Å². The predicted molar refractivity (Wildman–Crippen MR) is 93.8 cm³/mol. The van der Waals surface area contributed by atoms with E-state index >= 15 is 0 Å². The minimum absolute atomic E-state index is 0.264. The number of nitrogens with zero attached hydrogens (tertiary/aromatic N) is 5. The first-order valence-electron chi connectivity index (χ1n) is 7.69. The second-order valence-corrected chi connectivity index (χ2v) is 5.60. The molecule has 4 aromatic rings.